The minimum Gasteiger partial charge on any atom is -0.395 e. The highest BCUT2D eigenvalue weighted by Crippen LogP contribution is 2.38. The first-order chi connectivity index (χ1) is 27.1. The monoisotopic (exact) mass is 756 g/mol. The van der Waals surface area contributed by atoms with Gasteiger partial charge in [-0.25, -0.2) is 0 Å². The summed E-state index contributed by atoms with van der Waals surface area (Å²) in [6.45, 7) is 1.94. The highest BCUT2D eigenvalue weighted by molar-refractivity contribution is 5.93. The van der Waals surface area contributed by atoms with Crippen molar-refractivity contribution in [3.63, 3.8) is 0 Å². The Hall–Kier alpha value is -6.93. The number of nitroso groups, excluding NO2 is 1. The Kier molecular flexibility index (Phi) is 14.0. The Labute approximate surface area is 324 Å². The van der Waals surface area contributed by atoms with Crippen molar-refractivity contribution in [2.24, 2.45) is 10.9 Å². The average molecular weight is 757 g/mol. The molecule has 288 valence electrons. The number of benzene rings is 5. The number of anilines is 2. The van der Waals surface area contributed by atoms with Crippen molar-refractivity contribution in [3.8, 4) is 22.3 Å². The molecule has 0 heterocycles. The lowest BCUT2D eigenvalue weighted by atomic mass is 9.98. The number of rotatable bonds is 18. The molecular formula is C42H44N8O6. The largest absolute Gasteiger partial charge is 0.395 e. The van der Waals surface area contributed by atoms with Gasteiger partial charge in [0.1, 0.15) is 12.1 Å². The Balaban J connectivity index is 1.33. The fourth-order valence-electron chi connectivity index (χ4n) is 6.05. The molecule has 0 fully saturated rings. The first-order valence-electron chi connectivity index (χ1n) is 18.1. The van der Waals surface area contributed by atoms with Crippen LogP contribution in [0.15, 0.2) is 127 Å². The summed E-state index contributed by atoms with van der Waals surface area (Å²) in [6, 6.07) is 34.5. The molecule has 8 N–H and O–H groups in total. The second kappa shape index (κ2) is 19.4. The van der Waals surface area contributed by atoms with E-state index in [1.54, 1.807) is 6.92 Å². The molecule has 0 bridgehead atoms. The zero-order valence-corrected chi connectivity index (χ0v) is 30.8. The van der Waals surface area contributed by atoms with Gasteiger partial charge in [-0.05, 0) is 51.0 Å². The van der Waals surface area contributed by atoms with Gasteiger partial charge in [-0.1, -0.05) is 116 Å². The molecule has 0 aliphatic rings. The van der Waals surface area contributed by atoms with Crippen molar-refractivity contribution in [2.75, 3.05) is 24.1 Å². The third-order valence-corrected chi connectivity index (χ3v) is 9.27. The molecule has 3 amide bonds. The maximum atomic E-state index is 14.1. The normalized spacial score (nSPS) is 12.4. The van der Waals surface area contributed by atoms with Gasteiger partial charge in [-0.2, -0.15) is 0 Å². The minimum atomic E-state index is -1.06. The van der Waals surface area contributed by atoms with Crippen molar-refractivity contribution >= 4 is 40.5 Å². The average Bonchev–Trinajstić information content (AvgIpc) is 3.22. The van der Waals surface area contributed by atoms with Gasteiger partial charge in [0.15, 0.2) is 0 Å². The van der Waals surface area contributed by atoms with Gasteiger partial charge >= 0.3 is 5.69 Å². The molecule has 14 heteroatoms. The summed E-state index contributed by atoms with van der Waals surface area (Å²) < 4.78 is 0. The van der Waals surface area contributed by atoms with Crippen molar-refractivity contribution in [1.29, 1.82) is 0 Å². The van der Waals surface area contributed by atoms with Crippen LogP contribution in [-0.4, -0.2) is 53.9 Å². The summed E-state index contributed by atoms with van der Waals surface area (Å²) in [6.07, 6.45) is 0.633. The number of nitro groups is 1. The molecule has 5 aromatic carbocycles. The lowest BCUT2D eigenvalue weighted by Crippen LogP contribution is -2.57. The third kappa shape index (κ3) is 10.6. The summed E-state index contributed by atoms with van der Waals surface area (Å²) in [4.78, 5) is 62.6. The molecule has 0 radical (unpaired) electrons. The van der Waals surface area contributed by atoms with Crippen molar-refractivity contribution < 1.29 is 19.3 Å². The Morgan fingerprint density at radius 1 is 0.679 bits per heavy atom. The summed E-state index contributed by atoms with van der Waals surface area (Å²) >= 11 is 0. The number of carbonyl (C=O) groups is 3. The predicted octanol–water partition coefficient (Wildman–Crippen LogP) is 5.63. The van der Waals surface area contributed by atoms with Crippen molar-refractivity contribution in [2.45, 2.75) is 44.3 Å². The molecule has 56 heavy (non-hydrogen) atoms. The molecule has 5 rings (SSSR count). The Bertz CT molecular complexity index is 2130. The third-order valence-electron chi connectivity index (χ3n) is 9.27. The fraction of sp³-hybridized carbons (Fsp3) is 0.214. The van der Waals surface area contributed by atoms with E-state index >= 15 is 0 Å². The van der Waals surface area contributed by atoms with E-state index in [0.29, 0.717) is 6.42 Å². The van der Waals surface area contributed by atoms with Crippen LogP contribution in [0.25, 0.3) is 22.3 Å². The number of amides is 3. The molecule has 0 aliphatic carbocycles. The van der Waals surface area contributed by atoms with E-state index in [2.05, 4.69) is 26.4 Å². The van der Waals surface area contributed by atoms with E-state index in [1.807, 2.05) is 109 Å². The van der Waals surface area contributed by atoms with Crippen LogP contribution in [0, 0.1) is 15.0 Å². The van der Waals surface area contributed by atoms with Gasteiger partial charge in [-0.3, -0.25) is 24.5 Å². The highest BCUT2D eigenvalue weighted by Gasteiger charge is 2.29. The van der Waals surface area contributed by atoms with Gasteiger partial charge in [0.05, 0.1) is 22.3 Å². The highest BCUT2D eigenvalue weighted by atomic mass is 16.6. The standard InChI is InChI=1S/C42H44N8O6/c1-2-33(43)40(51)47-36(26-28-15-19-32(20-16-28)30-11-7-4-8-12-30)42(53)48-35(25-27-13-17-31(18-14-27)29-9-5-3-6-10-29)41(52)46-24-23-45-34-21-22-37(50(55)56)39(49-54)38(34)44/h3-22,33,35-36,45H,2,23-26,43-44H2,1H3,(H,46,52)(H,47,51)(H,48,53). The topological polar surface area (TPSA) is 224 Å². The number of nitrogens with two attached hydrogens (primary N) is 2. The van der Waals surface area contributed by atoms with E-state index in [0.717, 1.165) is 39.4 Å². The van der Waals surface area contributed by atoms with Crippen LogP contribution in [0.4, 0.5) is 22.7 Å². The van der Waals surface area contributed by atoms with Gasteiger partial charge in [0.2, 0.25) is 23.4 Å². The smallest absolute Gasteiger partial charge is 0.300 e. The van der Waals surface area contributed by atoms with Crippen LogP contribution in [0.1, 0.15) is 24.5 Å². The number of nitrogens with zero attached hydrogens (tertiary/aromatic N) is 2. The second-order valence-electron chi connectivity index (χ2n) is 13.1. The molecule has 3 unspecified atom stereocenters. The SMILES string of the molecule is CCC(N)C(=O)NC(Cc1ccc(-c2ccccc2)cc1)C(=O)NC(Cc1ccc(-c2ccccc2)cc1)C(=O)NCCNc1ccc([N+](=O)[O-])c(N=O)c1N. The lowest BCUT2D eigenvalue weighted by Gasteiger charge is -2.24. The number of carbonyl (C=O) groups excluding carboxylic acids is 3. The van der Waals surface area contributed by atoms with Crippen molar-refractivity contribution in [3.05, 3.63) is 147 Å². The van der Waals surface area contributed by atoms with E-state index in [4.69, 9.17) is 11.5 Å². The Morgan fingerprint density at radius 3 is 1.64 bits per heavy atom. The van der Waals surface area contributed by atoms with Crippen LogP contribution < -0.4 is 32.7 Å². The Morgan fingerprint density at radius 2 is 1.16 bits per heavy atom. The van der Waals surface area contributed by atoms with Gasteiger partial charge in [0.25, 0.3) is 0 Å². The number of nitrogens with one attached hydrogen (secondary N) is 4. The van der Waals surface area contributed by atoms with Crippen LogP contribution in [-0.2, 0) is 27.2 Å². The van der Waals surface area contributed by atoms with E-state index in [9.17, 15) is 29.4 Å². The summed E-state index contributed by atoms with van der Waals surface area (Å²) in [5, 5.41) is 25.4. The summed E-state index contributed by atoms with van der Waals surface area (Å²) in [5.41, 5.74) is 16.6. The van der Waals surface area contributed by atoms with E-state index in [-0.39, 0.29) is 37.3 Å². The second-order valence-corrected chi connectivity index (χ2v) is 13.1. The number of nitro benzene ring substituents is 1. The molecule has 0 saturated heterocycles. The first kappa shape index (κ1) is 40.3. The number of hydrogen-bond donors (Lipinski definition) is 6. The van der Waals surface area contributed by atoms with Crippen LogP contribution in [0.5, 0.6) is 0 Å². The summed E-state index contributed by atoms with van der Waals surface area (Å²) in [5.74, 6) is -1.56. The molecule has 0 aromatic heterocycles. The quantitative estimate of drug-likeness (QED) is 0.0214. The van der Waals surface area contributed by atoms with E-state index < -0.39 is 52.1 Å². The lowest BCUT2D eigenvalue weighted by molar-refractivity contribution is -0.384. The molecule has 0 saturated carbocycles. The molecule has 5 aromatic rings. The molecular weight excluding hydrogens is 713 g/mol. The van der Waals surface area contributed by atoms with Crippen LogP contribution >= 0.6 is 0 Å². The summed E-state index contributed by atoms with van der Waals surface area (Å²) in [7, 11) is 0. The minimum absolute atomic E-state index is 0.0533. The van der Waals surface area contributed by atoms with Crippen LogP contribution in [0.3, 0.4) is 0 Å². The molecule has 14 nitrogen and oxygen atoms in total. The van der Waals surface area contributed by atoms with Gasteiger partial charge < -0.3 is 32.7 Å². The van der Waals surface area contributed by atoms with Crippen molar-refractivity contribution in [1.82, 2.24) is 16.0 Å². The molecule has 3 atom stereocenters. The molecule has 0 spiro atoms. The van der Waals surface area contributed by atoms with E-state index in [1.165, 1.54) is 6.07 Å². The maximum Gasteiger partial charge on any atom is 0.300 e. The predicted molar refractivity (Wildman–Crippen MR) is 218 cm³/mol. The maximum absolute atomic E-state index is 14.1. The van der Waals surface area contributed by atoms with Gasteiger partial charge in [-0.15, -0.1) is 4.91 Å². The number of nitrogen functional groups attached to an aromatic ring is 1. The fourth-order valence-corrected chi connectivity index (χ4v) is 6.05. The zero-order chi connectivity index (χ0) is 40.0. The molecule has 0 aliphatic heterocycles. The van der Waals surface area contributed by atoms with Gasteiger partial charge in [0, 0.05) is 32.0 Å². The first-order valence-corrected chi connectivity index (χ1v) is 18.1. The zero-order valence-electron chi connectivity index (χ0n) is 30.8. The number of hydrogen-bond acceptors (Lipinski definition) is 10. The van der Waals surface area contributed by atoms with Crippen LogP contribution in [0.2, 0.25) is 0 Å².